The lowest BCUT2D eigenvalue weighted by Crippen LogP contribution is -2.36. The van der Waals surface area contributed by atoms with Crippen molar-refractivity contribution in [2.75, 3.05) is 0 Å². The molecule has 2 nitrogen and oxygen atoms in total. The van der Waals surface area contributed by atoms with Gasteiger partial charge in [0.25, 0.3) is 0 Å². The number of rotatable bonds is 4. The van der Waals surface area contributed by atoms with Crippen LogP contribution in [0.5, 0.6) is 0 Å². The quantitative estimate of drug-likeness (QED) is 0.906. The molecule has 0 amide bonds. The topological polar surface area (TPSA) is 32.3 Å². The van der Waals surface area contributed by atoms with E-state index < -0.39 is 0 Å². The van der Waals surface area contributed by atoms with Gasteiger partial charge in [-0.25, -0.2) is 0 Å². The van der Waals surface area contributed by atoms with Gasteiger partial charge in [0.15, 0.2) is 0 Å². The maximum Gasteiger partial charge on any atom is 0.0775 e. The van der Waals surface area contributed by atoms with Gasteiger partial charge in [-0.05, 0) is 47.8 Å². The molecule has 2 aliphatic rings. The molecule has 1 aromatic heterocycles. The zero-order chi connectivity index (χ0) is 14.4. The van der Waals surface area contributed by atoms with Crippen LogP contribution in [0.1, 0.15) is 41.3 Å². The zero-order valence-electron chi connectivity index (χ0n) is 12.2. The highest BCUT2D eigenvalue weighted by molar-refractivity contribution is 7.10. The lowest BCUT2D eigenvalue weighted by molar-refractivity contribution is 0.133. The molecule has 3 unspecified atom stereocenters. The molecule has 2 N–H and O–H groups in total. The fourth-order valence-electron chi connectivity index (χ4n) is 3.78. The van der Waals surface area contributed by atoms with Gasteiger partial charge in [0.05, 0.1) is 12.1 Å². The number of benzene rings is 1. The van der Waals surface area contributed by atoms with Crippen molar-refractivity contribution in [1.82, 2.24) is 5.32 Å². The molecule has 2 aromatic rings. The fraction of sp³-hybridized carbons (Fsp3) is 0.444. The summed E-state index contributed by atoms with van der Waals surface area (Å²) in [5, 5.41) is 16.2. The second-order valence-electron chi connectivity index (χ2n) is 6.42. The Morgan fingerprint density at radius 2 is 2.10 bits per heavy atom. The Kier molecular flexibility index (Phi) is 3.37. The van der Waals surface area contributed by atoms with Gasteiger partial charge in [0.1, 0.15) is 0 Å². The molecule has 4 rings (SSSR count). The summed E-state index contributed by atoms with van der Waals surface area (Å²) in [7, 11) is 0. The van der Waals surface area contributed by atoms with E-state index in [1.807, 2.05) is 11.3 Å². The van der Waals surface area contributed by atoms with Crippen molar-refractivity contribution < 1.29 is 5.11 Å². The SMILES string of the molecule is CC(NC1c2ccccc2CC1O)[C@H]1C[C@@H]1c1cccs1. The van der Waals surface area contributed by atoms with Crippen LogP contribution in [0.15, 0.2) is 41.8 Å². The molecule has 1 heterocycles. The first-order valence-corrected chi connectivity index (χ1v) is 8.67. The number of nitrogens with one attached hydrogen (secondary N) is 1. The second kappa shape index (κ2) is 5.24. The summed E-state index contributed by atoms with van der Waals surface area (Å²) in [6.07, 6.45) is 1.77. The zero-order valence-corrected chi connectivity index (χ0v) is 13.0. The van der Waals surface area contributed by atoms with E-state index in [-0.39, 0.29) is 12.1 Å². The molecule has 0 radical (unpaired) electrons. The van der Waals surface area contributed by atoms with E-state index >= 15 is 0 Å². The van der Waals surface area contributed by atoms with E-state index in [2.05, 4.69) is 54.0 Å². The van der Waals surface area contributed by atoms with Gasteiger partial charge in [0, 0.05) is 17.3 Å². The average molecular weight is 299 g/mol. The number of fused-ring (bicyclic) bond motifs is 1. The highest BCUT2D eigenvalue weighted by atomic mass is 32.1. The smallest absolute Gasteiger partial charge is 0.0775 e. The highest BCUT2D eigenvalue weighted by Gasteiger charge is 2.44. The van der Waals surface area contributed by atoms with Crippen molar-refractivity contribution in [2.45, 2.75) is 43.9 Å². The Morgan fingerprint density at radius 1 is 1.24 bits per heavy atom. The Labute approximate surface area is 129 Å². The van der Waals surface area contributed by atoms with Gasteiger partial charge in [0.2, 0.25) is 0 Å². The van der Waals surface area contributed by atoms with E-state index in [0.29, 0.717) is 12.0 Å². The van der Waals surface area contributed by atoms with Gasteiger partial charge >= 0.3 is 0 Å². The van der Waals surface area contributed by atoms with Crippen molar-refractivity contribution in [3.05, 3.63) is 57.8 Å². The molecule has 1 aromatic carbocycles. The number of hydrogen-bond donors (Lipinski definition) is 2. The van der Waals surface area contributed by atoms with Crippen LogP contribution in [-0.4, -0.2) is 17.3 Å². The Bertz CT molecular complexity index is 624. The van der Waals surface area contributed by atoms with Crippen LogP contribution in [0.4, 0.5) is 0 Å². The number of aliphatic hydroxyl groups excluding tert-OH is 1. The largest absolute Gasteiger partial charge is 0.391 e. The third-order valence-electron chi connectivity index (χ3n) is 5.04. The van der Waals surface area contributed by atoms with Gasteiger partial charge in [-0.2, -0.15) is 0 Å². The van der Waals surface area contributed by atoms with Crippen LogP contribution >= 0.6 is 11.3 Å². The van der Waals surface area contributed by atoms with Gasteiger partial charge in [-0.1, -0.05) is 30.3 Å². The predicted molar refractivity (Wildman–Crippen MR) is 86.7 cm³/mol. The Morgan fingerprint density at radius 3 is 2.90 bits per heavy atom. The maximum atomic E-state index is 10.4. The molecule has 0 bridgehead atoms. The minimum Gasteiger partial charge on any atom is -0.391 e. The normalized spacial score (nSPS) is 31.9. The van der Waals surface area contributed by atoms with Crippen molar-refractivity contribution in [3.8, 4) is 0 Å². The molecule has 3 heteroatoms. The van der Waals surface area contributed by atoms with Crippen molar-refractivity contribution in [1.29, 1.82) is 0 Å². The molecule has 0 saturated heterocycles. The minimum absolute atomic E-state index is 0.0979. The summed E-state index contributed by atoms with van der Waals surface area (Å²) in [5.41, 5.74) is 2.57. The number of aliphatic hydroxyl groups is 1. The van der Waals surface area contributed by atoms with Crippen molar-refractivity contribution in [2.24, 2.45) is 5.92 Å². The molecular weight excluding hydrogens is 278 g/mol. The van der Waals surface area contributed by atoms with Crippen LogP contribution in [0.25, 0.3) is 0 Å². The minimum atomic E-state index is -0.288. The van der Waals surface area contributed by atoms with Gasteiger partial charge in [-0.15, -0.1) is 11.3 Å². The number of hydrogen-bond acceptors (Lipinski definition) is 3. The predicted octanol–water partition coefficient (Wildman–Crippen LogP) is 3.49. The standard InChI is InChI=1S/C18H21NOS/c1-11(14-10-15(14)17-7-4-8-21-17)19-18-13-6-3-2-5-12(13)9-16(18)20/h2-8,11,14-16,18-20H,9-10H2,1H3/t11?,14-,15+,16?,18?/m1/s1. The van der Waals surface area contributed by atoms with Crippen molar-refractivity contribution >= 4 is 11.3 Å². The van der Waals surface area contributed by atoms with E-state index in [0.717, 1.165) is 12.3 Å². The first-order valence-electron chi connectivity index (χ1n) is 7.79. The lowest BCUT2D eigenvalue weighted by Gasteiger charge is -2.23. The summed E-state index contributed by atoms with van der Waals surface area (Å²) in [5.74, 6) is 1.44. The van der Waals surface area contributed by atoms with E-state index in [1.165, 1.54) is 22.4 Å². The monoisotopic (exact) mass is 299 g/mol. The number of thiophene rings is 1. The van der Waals surface area contributed by atoms with Crippen LogP contribution in [0.2, 0.25) is 0 Å². The van der Waals surface area contributed by atoms with E-state index in [9.17, 15) is 5.11 Å². The van der Waals surface area contributed by atoms with Crippen LogP contribution in [0, 0.1) is 5.92 Å². The van der Waals surface area contributed by atoms with Gasteiger partial charge < -0.3 is 10.4 Å². The van der Waals surface area contributed by atoms with Crippen LogP contribution in [0.3, 0.4) is 0 Å². The van der Waals surface area contributed by atoms with Crippen molar-refractivity contribution in [3.63, 3.8) is 0 Å². The molecule has 0 aliphatic heterocycles. The highest BCUT2D eigenvalue weighted by Crippen LogP contribution is 2.51. The lowest BCUT2D eigenvalue weighted by atomic mass is 10.0. The molecule has 1 saturated carbocycles. The molecule has 5 atom stereocenters. The first-order chi connectivity index (χ1) is 10.2. The fourth-order valence-corrected chi connectivity index (χ4v) is 4.70. The molecular formula is C18H21NOS. The molecule has 110 valence electrons. The molecule has 2 aliphatic carbocycles. The average Bonchev–Trinajstić information content (AvgIpc) is 2.97. The third kappa shape index (κ3) is 2.44. The van der Waals surface area contributed by atoms with Crippen LogP contribution in [-0.2, 0) is 6.42 Å². The Hall–Kier alpha value is -1.16. The third-order valence-corrected chi connectivity index (χ3v) is 6.04. The van der Waals surface area contributed by atoms with Gasteiger partial charge in [-0.3, -0.25) is 0 Å². The summed E-state index contributed by atoms with van der Waals surface area (Å²) in [4.78, 5) is 1.51. The second-order valence-corrected chi connectivity index (χ2v) is 7.40. The molecule has 21 heavy (non-hydrogen) atoms. The summed E-state index contributed by atoms with van der Waals surface area (Å²) in [6.45, 7) is 2.27. The maximum absolute atomic E-state index is 10.4. The Balaban J connectivity index is 1.45. The van der Waals surface area contributed by atoms with E-state index in [1.54, 1.807) is 0 Å². The summed E-state index contributed by atoms with van der Waals surface area (Å²) in [6, 6.07) is 13.4. The summed E-state index contributed by atoms with van der Waals surface area (Å²) >= 11 is 1.87. The van der Waals surface area contributed by atoms with Crippen LogP contribution < -0.4 is 5.32 Å². The molecule has 0 spiro atoms. The molecule has 1 fully saturated rings. The first kappa shape index (κ1) is 13.5. The van der Waals surface area contributed by atoms with E-state index in [4.69, 9.17) is 0 Å². The summed E-state index contributed by atoms with van der Waals surface area (Å²) < 4.78 is 0.